The van der Waals surface area contributed by atoms with Gasteiger partial charge in [-0.1, -0.05) is 6.07 Å². The molecule has 0 atom stereocenters. The molecule has 2 aromatic rings. The van der Waals surface area contributed by atoms with Gasteiger partial charge < -0.3 is 9.72 Å². The number of rotatable bonds is 2. The smallest absolute Gasteiger partial charge is 0.255 e. The van der Waals surface area contributed by atoms with E-state index >= 15 is 0 Å². The molecule has 1 aromatic heterocycles. The summed E-state index contributed by atoms with van der Waals surface area (Å²) >= 11 is 0. The molecule has 0 aliphatic carbocycles. The number of halogens is 1. The van der Waals surface area contributed by atoms with Crippen molar-refractivity contribution in [1.29, 1.82) is 0 Å². The molecule has 3 nitrogen and oxygen atoms in total. The lowest BCUT2D eigenvalue weighted by molar-refractivity contribution is 0.387. The first kappa shape index (κ1) is 10.4. The van der Waals surface area contributed by atoms with Crippen LogP contribution in [-0.4, -0.2) is 12.1 Å². The molecule has 0 unspecified atom stereocenters. The van der Waals surface area contributed by atoms with E-state index in [1.54, 1.807) is 24.4 Å². The summed E-state index contributed by atoms with van der Waals surface area (Å²) in [6, 6.07) is 7.71. The zero-order valence-electron chi connectivity index (χ0n) is 8.66. The molecule has 1 heterocycles. The van der Waals surface area contributed by atoms with Gasteiger partial charge in [-0.3, -0.25) is 4.79 Å². The molecule has 0 bridgehead atoms. The van der Waals surface area contributed by atoms with Crippen LogP contribution in [0.25, 0.3) is 11.1 Å². The van der Waals surface area contributed by atoms with Gasteiger partial charge in [-0.25, -0.2) is 4.39 Å². The lowest BCUT2D eigenvalue weighted by atomic mass is 10.1. The number of methoxy groups -OCH3 is 1. The SMILES string of the molecule is COc1cc(-c2ccc[nH]c2=O)ccc1F. The van der Waals surface area contributed by atoms with E-state index in [0.29, 0.717) is 11.1 Å². The number of aromatic nitrogens is 1. The largest absolute Gasteiger partial charge is 0.494 e. The summed E-state index contributed by atoms with van der Waals surface area (Å²) in [5.41, 5.74) is 0.900. The summed E-state index contributed by atoms with van der Waals surface area (Å²) in [6.45, 7) is 0. The summed E-state index contributed by atoms with van der Waals surface area (Å²) in [4.78, 5) is 14.1. The zero-order valence-corrected chi connectivity index (χ0v) is 8.66. The molecule has 1 aromatic carbocycles. The summed E-state index contributed by atoms with van der Waals surface area (Å²) in [5, 5.41) is 0. The van der Waals surface area contributed by atoms with Crippen LogP contribution in [0, 0.1) is 5.82 Å². The van der Waals surface area contributed by atoms with Gasteiger partial charge in [-0.15, -0.1) is 0 Å². The predicted octanol–water partition coefficient (Wildman–Crippen LogP) is 2.19. The summed E-state index contributed by atoms with van der Waals surface area (Å²) in [7, 11) is 1.39. The van der Waals surface area contributed by atoms with Crippen molar-refractivity contribution in [2.75, 3.05) is 7.11 Å². The van der Waals surface area contributed by atoms with Gasteiger partial charge in [0.1, 0.15) is 0 Å². The van der Waals surface area contributed by atoms with Crippen LogP contribution in [0.5, 0.6) is 5.75 Å². The molecule has 0 radical (unpaired) electrons. The minimum atomic E-state index is -0.446. The van der Waals surface area contributed by atoms with Gasteiger partial charge >= 0.3 is 0 Å². The van der Waals surface area contributed by atoms with Crippen LogP contribution >= 0.6 is 0 Å². The van der Waals surface area contributed by atoms with Crippen LogP contribution in [0.15, 0.2) is 41.3 Å². The Labute approximate surface area is 91.5 Å². The van der Waals surface area contributed by atoms with Gasteiger partial charge in [0.15, 0.2) is 11.6 Å². The van der Waals surface area contributed by atoms with E-state index in [1.165, 1.54) is 19.2 Å². The Morgan fingerprint density at radius 1 is 1.31 bits per heavy atom. The van der Waals surface area contributed by atoms with Crippen molar-refractivity contribution in [3.05, 3.63) is 52.7 Å². The zero-order chi connectivity index (χ0) is 11.5. The quantitative estimate of drug-likeness (QED) is 0.841. The fraction of sp³-hybridized carbons (Fsp3) is 0.0833. The van der Waals surface area contributed by atoms with Crippen molar-refractivity contribution in [3.8, 4) is 16.9 Å². The summed E-state index contributed by atoms with van der Waals surface area (Å²) in [6.07, 6.45) is 1.55. The Kier molecular flexibility index (Phi) is 2.72. The molecular formula is C12H10FNO2. The second-order valence-corrected chi connectivity index (χ2v) is 3.26. The van der Waals surface area contributed by atoms with Gasteiger partial charge in [0.25, 0.3) is 5.56 Å². The number of hydrogen-bond donors (Lipinski definition) is 1. The van der Waals surface area contributed by atoms with Crippen LogP contribution in [0.1, 0.15) is 0 Å². The monoisotopic (exact) mass is 219 g/mol. The second kappa shape index (κ2) is 4.18. The second-order valence-electron chi connectivity index (χ2n) is 3.26. The van der Waals surface area contributed by atoms with E-state index in [-0.39, 0.29) is 11.3 Å². The molecule has 0 saturated heterocycles. The van der Waals surface area contributed by atoms with Crippen LogP contribution in [0.4, 0.5) is 4.39 Å². The molecule has 0 aliphatic heterocycles. The molecule has 4 heteroatoms. The number of nitrogens with one attached hydrogen (secondary N) is 1. The molecule has 0 amide bonds. The number of benzene rings is 1. The van der Waals surface area contributed by atoms with Crippen molar-refractivity contribution in [2.45, 2.75) is 0 Å². The van der Waals surface area contributed by atoms with E-state index in [4.69, 9.17) is 4.74 Å². The van der Waals surface area contributed by atoms with Crippen LogP contribution in [-0.2, 0) is 0 Å². The van der Waals surface area contributed by atoms with Gasteiger partial charge in [-0.05, 0) is 29.8 Å². The topological polar surface area (TPSA) is 42.1 Å². The van der Waals surface area contributed by atoms with E-state index in [2.05, 4.69) is 4.98 Å². The normalized spacial score (nSPS) is 10.1. The van der Waals surface area contributed by atoms with E-state index in [1.807, 2.05) is 0 Å². The van der Waals surface area contributed by atoms with Crippen molar-refractivity contribution < 1.29 is 9.13 Å². The standard InChI is InChI=1S/C12H10FNO2/c1-16-11-7-8(4-5-10(11)13)9-3-2-6-14-12(9)15/h2-7H,1H3,(H,14,15). The van der Waals surface area contributed by atoms with Gasteiger partial charge in [0.2, 0.25) is 0 Å². The molecule has 0 fully saturated rings. The maximum absolute atomic E-state index is 13.2. The van der Waals surface area contributed by atoms with Crippen molar-refractivity contribution in [1.82, 2.24) is 4.98 Å². The minimum absolute atomic E-state index is 0.126. The maximum atomic E-state index is 13.2. The van der Waals surface area contributed by atoms with Crippen molar-refractivity contribution >= 4 is 0 Å². The fourth-order valence-electron chi connectivity index (χ4n) is 1.48. The Morgan fingerprint density at radius 3 is 2.81 bits per heavy atom. The predicted molar refractivity (Wildman–Crippen MR) is 59.0 cm³/mol. The third kappa shape index (κ3) is 1.82. The Balaban J connectivity index is 2.57. The highest BCUT2D eigenvalue weighted by atomic mass is 19.1. The highest BCUT2D eigenvalue weighted by Gasteiger charge is 2.07. The van der Waals surface area contributed by atoms with E-state index < -0.39 is 5.82 Å². The van der Waals surface area contributed by atoms with E-state index in [0.717, 1.165) is 0 Å². The average molecular weight is 219 g/mol. The minimum Gasteiger partial charge on any atom is -0.494 e. The third-order valence-corrected chi connectivity index (χ3v) is 2.28. The van der Waals surface area contributed by atoms with E-state index in [9.17, 15) is 9.18 Å². The number of pyridine rings is 1. The summed E-state index contributed by atoms with van der Waals surface area (Å²) in [5.74, 6) is -0.320. The lowest BCUT2D eigenvalue weighted by Gasteiger charge is -2.04. The van der Waals surface area contributed by atoms with Gasteiger partial charge in [-0.2, -0.15) is 0 Å². The highest BCUT2D eigenvalue weighted by molar-refractivity contribution is 5.64. The maximum Gasteiger partial charge on any atom is 0.255 e. The van der Waals surface area contributed by atoms with Crippen molar-refractivity contribution in [2.24, 2.45) is 0 Å². The first-order chi connectivity index (χ1) is 7.72. The Hall–Kier alpha value is -2.10. The number of ether oxygens (including phenoxy) is 1. The Morgan fingerprint density at radius 2 is 2.12 bits per heavy atom. The molecule has 0 saturated carbocycles. The van der Waals surface area contributed by atoms with Gasteiger partial charge in [0, 0.05) is 11.8 Å². The molecule has 82 valence electrons. The lowest BCUT2D eigenvalue weighted by Crippen LogP contribution is -2.07. The summed E-state index contributed by atoms with van der Waals surface area (Å²) < 4.78 is 18.0. The van der Waals surface area contributed by atoms with Crippen LogP contribution in [0.3, 0.4) is 0 Å². The highest BCUT2D eigenvalue weighted by Crippen LogP contribution is 2.23. The average Bonchev–Trinajstić information content (AvgIpc) is 2.31. The van der Waals surface area contributed by atoms with Crippen LogP contribution < -0.4 is 10.3 Å². The fourth-order valence-corrected chi connectivity index (χ4v) is 1.48. The molecule has 16 heavy (non-hydrogen) atoms. The number of H-pyrrole nitrogens is 1. The molecule has 1 N–H and O–H groups in total. The van der Waals surface area contributed by atoms with Gasteiger partial charge in [0.05, 0.1) is 7.11 Å². The van der Waals surface area contributed by atoms with Crippen molar-refractivity contribution in [3.63, 3.8) is 0 Å². The number of hydrogen-bond acceptors (Lipinski definition) is 2. The van der Waals surface area contributed by atoms with Crippen LogP contribution in [0.2, 0.25) is 0 Å². The first-order valence-electron chi connectivity index (χ1n) is 4.74. The molecule has 0 aliphatic rings. The molecule has 0 spiro atoms. The Bertz CT molecular complexity index is 563. The third-order valence-electron chi connectivity index (χ3n) is 2.28. The first-order valence-corrected chi connectivity index (χ1v) is 4.74. The molecule has 2 rings (SSSR count). The molecular weight excluding hydrogens is 209 g/mol. The number of aromatic amines is 1.